The van der Waals surface area contributed by atoms with Gasteiger partial charge in [0.2, 0.25) is 15.3 Å². The molecule has 27 heavy (non-hydrogen) atoms. The van der Waals surface area contributed by atoms with Gasteiger partial charge in [-0.1, -0.05) is 0 Å². The number of anilines is 1. The van der Waals surface area contributed by atoms with Gasteiger partial charge >= 0.3 is 0 Å². The van der Waals surface area contributed by atoms with Crippen molar-refractivity contribution in [3.05, 3.63) is 17.1 Å². The zero-order valence-corrected chi connectivity index (χ0v) is 16.7. The third kappa shape index (κ3) is 4.19. The Balaban J connectivity index is 1.52. The van der Waals surface area contributed by atoms with E-state index in [1.165, 1.54) is 10.6 Å². The first-order valence-corrected chi connectivity index (χ1v) is 11.1. The Morgan fingerprint density at radius 3 is 2.48 bits per heavy atom. The normalized spacial score (nSPS) is 20.4. The van der Waals surface area contributed by atoms with Crippen LogP contribution < -0.4 is 4.90 Å². The molecule has 0 spiro atoms. The number of morpholine rings is 1. The molecule has 0 radical (unpaired) electrons. The molecule has 0 unspecified atom stereocenters. The average Bonchev–Trinajstić information content (AvgIpc) is 3.03. The molecule has 2 aliphatic rings. The number of hydrogen-bond donors (Lipinski definition) is 0. The van der Waals surface area contributed by atoms with E-state index >= 15 is 0 Å². The topological polar surface area (TPSA) is 92.0 Å². The Hall–Kier alpha value is -1.46. The number of rotatable bonds is 4. The van der Waals surface area contributed by atoms with Crippen LogP contribution in [0.3, 0.4) is 0 Å². The van der Waals surface area contributed by atoms with E-state index in [1.54, 1.807) is 0 Å². The lowest BCUT2D eigenvalue weighted by molar-refractivity contribution is 0.122. The highest BCUT2D eigenvalue weighted by molar-refractivity contribution is 7.88. The third-order valence-corrected chi connectivity index (χ3v) is 6.34. The number of nitrogens with zero attached hydrogens (tertiary/aromatic N) is 5. The molecule has 2 aromatic rings. The van der Waals surface area contributed by atoms with Crippen LogP contribution in [0.5, 0.6) is 0 Å². The SMILES string of the molecule is CS(=O)(=O)N1CCN(Cc2cc3nc(Cl)nc(N4CCOCC4)c3o2)CC1. The lowest BCUT2D eigenvalue weighted by Crippen LogP contribution is -2.47. The van der Waals surface area contributed by atoms with Gasteiger partial charge in [0.05, 0.1) is 26.0 Å². The van der Waals surface area contributed by atoms with E-state index in [1.807, 2.05) is 6.07 Å². The Kier molecular flexibility index (Phi) is 5.26. The van der Waals surface area contributed by atoms with Crippen LogP contribution in [-0.2, 0) is 21.3 Å². The van der Waals surface area contributed by atoms with E-state index < -0.39 is 10.0 Å². The van der Waals surface area contributed by atoms with Gasteiger partial charge in [0.1, 0.15) is 11.3 Å². The summed E-state index contributed by atoms with van der Waals surface area (Å²) >= 11 is 6.11. The van der Waals surface area contributed by atoms with E-state index in [4.69, 9.17) is 20.8 Å². The average molecular weight is 416 g/mol. The molecule has 4 heterocycles. The van der Waals surface area contributed by atoms with E-state index in [0.717, 1.165) is 18.8 Å². The van der Waals surface area contributed by atoms with Gasteiger partial charge in [0.25, 0.3) is 0 Å². The van der Waals surface area contributed by atoms with Gasteiger partial charge in [-0.25, -0.2) is 13.4 Å². The van der Waals surface area contributed by atoms with E-state index in [2.05, 4.69) is 19.8 Å². The van der Waals surface area contributed by atoms with Crippen molar-refractivity contribution in [2.24, 2.45) is 0 Å². The summed E-state index contributed by atoms with van der Waals surface area (Å²) in [5.41, 5.74) is 1.31. The van der Waals surface area contributed by atoms with Gasteiger partial charge in [-0.05, 0) is 11.6 Å². The fourth-order valence-electron chi connectivity index (χ4n) is 3.44. The Labute approximate surface area is 162 Å². The molecular weight excluding hydrogens is 394 g/mol. The standard InChI is InChI=1S/C16H22ClN5O4S/c1-27(23,24)22-4-2-20(3-5-22)11-12-10-13-14(26-12)15(19-16(17)18-13)21-6-8-25-9-7-21/h10H,2-9,11H2,1H3. The molecule has 0 aliphatic carbocycles. The number of halogens is 1. The van der Waals surface area contributed by atoms with E-state index in [0.29, 0.717) is 62.9 Å². The molecule has 148 valence electrons. The fraction of sp³-hybridized carbons (Fsp3) is 0.625. The minimum Gasteiger partial charge on any atom is -0.454 e. The number of sulfonamides is 1. The van der Waals surface area contributed by atoms with E-state index in [-0.39, 0.29) is 5.28 Å². The molecule has 11 heteroatoms. The Morgan fingerprint density at radius 2 is 1.81 bits per heavy atom. The first-order valence-electron chi connectivity index (χ1n) is 8.86. The van der Waals surface area contributed by atoms with Crippen LogP contribution in [0.1, 0.15) is 5.76 Å². The van der Waals surface area contributed by atoms with Crippen LogP contribution in [0.2, 0.25) is 5.28 Å². The number of piperazine rings is 1. The van der Waals surface area contributed by atoms with Crippen LogP contribution in [-0.4, -0.2) is 86.3 Å². The van der Waals surface area contributed by atoms with Crippen molar-refractivity contribution in [3.8, 4) is 0 Å². The second-order valence-corrected chi connectivity index (χ2v) is 9.10. The monoisotopic (exact) mass is 415 g/mol. The molecule has 0 N–H and O–H groups in total. The second-order valence-electron chi connectivity index (χ2n) is 6.78. The van der Waals surface area contributed by atoms with Gasteiger partial charge in [-0.2, -0.15) is 9.29 Å². The maximum absolute atomic E-state index is 11.6. The summed E-state index contributed by atoms with van der Waals surface area (Å²) in [6.07, 6.45) is 1.25. The lowest BCUT2D eigenvalue weighted by Gasteiger charge is -2.32. The lowest BCUT2D eigenvalue weighted by atomic mass is 10.3. The van der Waals surface area contributed by atoms with Crippen LogP contribution in [0, 0.1) is 0 Å². The fourth-order valence-corrected chi connectivity index (χ4v) is 4.44. The highest BCUT2D eigenvalue weighted by atomic mass is 35.5. The van der Waals surface area contributed by atoms with Gasteiger partial charge in [0.15, 0.2) is 11.4 Å². The quantitative estimate of drug-likeness (QED) is 0.677. The largest absolute Gasteiger partial charge is 0.454 e. The Morgan fingerprint density at radius 1 is 1.11 bits per heavy atom. The predicted octanol–water partition coefficient (Wildman–Crippen LogP) is 0.790. The van der Waals surface area contributed by atoms with Gasteiger partial charge in [0, 0.05) is 45.3 Å². The van der Waals surface area contributed by atoms with Crippen molar-refractivity contribution in [3.63, 3.8) is 0 Å². The van der Waals surface area contributed by atoms with E-state index in [9.17, 15) is 8.42 Å². The summed E-state index contributed by atoms with van der Waals surface area (Å²) in [7, 11) is -3.13. The molecule has 0 saturated carbocycles. The zero-order valence-electron chi connectivity index (χ0n) is 15.1. The molecule has 2 fully saturated rings. The highest BCUT2D eigenvalue weighted by Crippen LogP contribution is 2.29. The molecule has 4 rings (SSSR count). The summed E-state index contributed by atoms with van der Waals surface area (Å²) in [4.78, 5) is 12.9. The maximum atomic E-state index is 11.6. The Bertz CT molecular complexity index is 920. The number of hydrogen-bond acceptors (Lipinski definition) is 8. The maximum Gasteiger partial charge on any atom is 0.225 e. The summed E-state index contributed by atoms with van der Waals surface area (Å²) in [6.45, 7) is 5.63. The minimum atomic E-state index is -3.13. The molecular formula is C16H22ClN5O4S. The summed E-state index contributed by atoms with van der Waals surface area (Å²) in [5.74, 6) is 1.46. The summed E-state index contributed by atoms with van der Waals surface area (Å²) in [6, 6.07) is 1.88. The smallest absolute Gasteiger partial charge is 0.225 e. The van der Waals surface area contributed by atoms with Crippen molar-refractivity contribution in [2.45, 2.75) is 6.54 Å². The number of furan rings is 1. The number of aromatic nitrogens is 2. The van der Waals surface area contributed by atoms with Gasteiger partial charge in [-0.3, -0.25) is 4.90 Å². The number of ether oxygens (including phenoxy) is 1. The van der Waals surface area contributed by atoms with Crippen LogP contribution in [0.15, 0.2) is 10.5 Å². The molecule has 2 aliphatic heterocycles. The molecule has 0 atom stereocenters. The van der Waals surface area contributed by atoms with Gasteiger partial charge < -0.3 is 14.1 Å². The van der Waals surface area contributed by atoms with Crippen molar-refractivity contribution in [1.82, 2.24) is 19.2 Å². The number of fused-ring (bicyclic) bond motifs is 1. The highest BCUT2D eigenvalue weighted by Gasteiger charge is 2.25. The van der Waals surface area contributed by atoms with Gasteiger partial charge in [-0.15, -0.1) is 0 Å². The van der Waals surface area contributed by atoms with Crippen molar-refractivity contribution in [2.75, 3.05) is 63.6 Å². The summed E-state index contributed by atoms with van der Waals surface area (Å²) in [5, 5.41) is 0.193. The predicted molar refractivity (Wildman–Crippen MR) is 102 cm³/mol. The van der Waals surface area contributed by atoms with Crippen LogP contribution >= 0.6 is 11.6 Å². The van der Waals surface area contributed by atoms with Crippen LogP contribution in [0.4, 0.5) is 5.82 Å². The molecule has 2 saturated heterocycles. The summed E-state index contributed by atoms with van der Waals surface area (Å²) < 4.78 is 36.2. The molecule has 9 nitrogen and oxygen atoms in total. The molecule has 2 aromatic heterocycles. The van der Waals surface area contributed by atoms with Crippen molar-refractivity contribution < 1.29 is 17.6 Å². The first kappa shape index (κ1) is 18.9. The second kappa shape index (κ2) is 7.51. The van der Waals surface area contributed by atoms with Crippen molar-refractivity contribution in [1.29, 1.82) is 0 Å². The van der Waals surface area contributed by atoms with Crippen molar-refractivity contribution >= 4 is 38.5 Å². The molecule has 0 amide bonds. The first-order chi connectivity index (χ1) is 12.9. The molecule has 0 aromatic carbocycles. The minimum absolute atomic E-state index is 0.193. The molecule has 0 bridgehead atoms. The zero-order chi connectivity index (χ0) is 19.0. The van der Waals surface area contributed by atoms with Crippen LogP contribution in [0.25, 0.3) is 11.1 Å². The third-order valence-electron chi connectivity index (χ3n) is 4.87.